The van der Waals surface area contributed by atoms with Crippen molar-refractivity contribution in [1.82, 2.24) is 9.55 Å². The first kappa shape index (κ1) is 14.5. The lowest BCUT2D eigenvalue weighted by molar-refractivity contribution is 0.414. The van der Waals surface area contributed by atoms with Crippen molar-refractivity contribution >= 4 is 21.6 Å². The molecule has 0 fully saturated rings. The molecule has 0 saturated carbocycles. The van der Waals surface area contributed by atoms with Crippen molar-refractivity contribution in [3.05, 3.63) is 52.1 Å². The molecule has 0 bridgehead atoms. The number of benzene rings is 1. The van der Waals surface area contributed by atoms with Gasteiger partial charge in [-0.3, -0.25) is 5.41 Å². The summed E-state index contributed by atoms with van der Waals surface area (Å²) in [5.41, 5.74) is 3.11. The average Bonchev–Trinajstić information content (AvgIpc) is 2.97. The van der Waals surface area contributed by atoms with Gasteiger partial charge in [0.25, 0.3) is 0 Å². The van der Waals surface area contributed by atoms with Crippen molar-refractivity contribution in [3.63, 3.8) is 0 Å². The van der Waals surface area contributed by atoms with Crippen LogP contribution < -0.4 is 10.2 Å². The van der Waals surface area contributed by atoms with Crippen LogP contribution in [0.4, 0.5) is 0 Å². The number of ether oxygens (including phenoxy) is 1. The van der Waals surface area contributed by atoms with Gasteiger partial charge < -0.3 is 9.30 Å². The van der Waals surface area contributed by atoms with Crippen LogP contribution in [0, 0.1) is 5.41 Å². The van der Waals surface area contributed by atoms with E-state index in [2.05, 4.69) is 4.98 Å². The Bertz CT molecular complexity index is 908. The molecule has 2 aromatic heterocycles. The SMILES string of the molecule is COc1ccc(Cn2cnc3sc4c(c3c2=N)CCCC4)cc1. The third kappa shape index (κ3) is 2.55. The molecule has 1 N–H and O–H groups in total. The Kier molecular flexibility index (Phi) is 3.65. The van der Waals surface area contributed by atoms with Crippen LogP contribution in [0.5, 0.6) is 5.75 Å². The number of methoxy groups -OCH3 is 1. The monoisotopic (exact) mass is 325 g/mol. The predicted molar refractivity (Wildman–Crippen MR) is 92.2 cm³/mol. The quantitative estimate of drug-likeness (QED) is 0.801. The third-order valence-electron chi connectivity index (χ3n) is 4.50. The Morgan fingerprint density at radius 3 is 2.78 bits per heavy atom. The van der Waals surface area contributed by atoms with Gasteiger partial charge in [0.2, 0.25) is 0 Å². The normalized spacial score (nSPS) is 14.0. The summed E-state index contributed by atoms with van der Waals surface area (Å²) < 4.78 is 7.13. The lowest BCUT2D eigenvalue weighted by atomic mass is 9.97. The summed E-state index contributed by atoms with van der Waals surface area (Å²) in [6, 6.07) is 7.99. The molecule has 23 heavy (non-hydrogen) atoms. The molecule has 5 heteroatoms. The first-order valence-corrected chi connectivity index (χ1v) is 8.75. The zero-order valence-electron chi connectivity index (χ0n) is 13.1. The predicted octanol–water partition coefficient (Wildman–Crippen LogP) is 3.51. The second-order valence-electron chi connectivity index (χ2n) is 5.96. The van der Waals surface area contributed by atoms with E-state index in [4.69, 9.17) is 10.1 Å². The van der Waals surface area contributed by atoms with Gasteiger partial charge in [0.1, 0.15) is 16.1 Å². The second-order valence-corrected chi connectivity index (χ2v) is 7.04. The molecule has 0 radical (unpaired) electrons. The second kappa shape index (κ2) is 5.81. The van der Waals surface area contributed by atoms with Gasteiger partial charge in [-0.05, 0) is 48.9 Å². The van der Waals surface area contributed by atoms with Gasteiger partial charge in [0.15, 0.2) is 0 Å². The van der Waals surface area contributed by atoms with Crippen LogP contribution in [0.3, 0.4) is 0 Å². The number of nitrogens with zero attached hydrogens (tertiary/aromatic N) is 2. The number of aromatic nitrogens is 2. The zero-order valence-corrected chi connectivity index (χ0v) is 13.9. The van der Waals surface area contributed by atoms with Crippen LogP contribution in [-0.4, -0.2) is 16.7 Å². The van der Waals surface area contributed by atoms with Gasteiger partial charge in [-0.1, -0.05) is 12.1 Å². The Balaban J connectivity index is 1.75. The highest BCUT2D eigenvalue weighted by atomic mass is 32.1. The maximum absolute atomic E-state index is 8.63. The molecule has 1 aromatic carbocycles. The van der Waals surface area contributed by atoms with E-state index in [1.54, 1.807) is 24.8 Å². The smallest absolute Gasteiger partial charge is 0.136 e. The number of rotatable bonds is 3. The third-order valence-corrected chi connectivity index (χ3v) is 5.70. The summed E-state index contributed by atoms with van der Waals surface area (Å²) in [4.78, 5) is 7.07. The van der Waals surface area contributed by atoms with Gasteiger partial charge in [0.05, 0.1) is 25.4 Å². The Morgan fingerprint density at radius 2 is 2.00 bits per heavy atom. The molecule has 0 atom stereocenters. The molecule has 0 amide bonds. The molecular formula is C18H19N3OS. The molecule has 1 aliphatic carbocycles. The molecule has 4 nitrogen and oxygen atoms in total. The van der Waals surface area contributed by atoms with Crippen molar-refractivity contribution in [2.24, 2.45) is 0 Å². The van der Waals surface area contributed by atoms with Gasteiger partial charge in [-0.2, -0.15) is 0 Å². The van der Waals surface area contributed by atoms with Gasteiger partial charge in [-0.15, -0.1) is 11.3 Å². The van der Waals surface area contributed by atoms with E-state index in [1.807, 2.05) is 28.8 Å². The zero-order chi connectivity index (χ0) is 15.8. The molecule has 0 saturated heterocycles. The van der Waals surface area contributed by atoms with Crippen LogP contribution in [0.25, 0.3) is 10.2 Å². The van der Waals surface area contributed by atoms with Gasteiger partial charge in [0, 0.05) is 4.88 Å². The minimum atomic E-state index is 0.588. The fourth-order valence-electron chi connectivity index (χ4n) is 3.26. The standard InChI is InChI=1S/C18H19N3OS/c1-22-13-8-6-12(7-9-13)10-21-11-20-18-16(17(21)19)14-4-2-3-5-15(14)23-18/h6-9,11,19H,2-5,10H2,1H3. The van der Waals surface area contributed by atoms with E-state index in [0.29, 0.717) is 12.0 Å². The van der Waals surface area contributed by atoms with Crippen LogP contribution in [-0.2, 0) is 19.4 Å². The summed E-state index contributed by atoms with van der Waals surface area (Å²) in [6.45, 7) is 0.663. The van der Waals surface area contributed by atoms with Crippen molar-refractivity contribution in [3.8, 4) is 5.75 Å². The Morgan fingerprint density at radius 1 is 1.22 bits per heavy atom. The van der Waals surface area contributed by atoms with E-state index in [-0.39, 0.29) is 0 Å². The van der Waals surface area contributed by atoms with Crippen molar-refractivity contribution < 1.29 is 4.74 Å². The minimum Gasteiger partial charge on any atom is -0.497 e. The van der Waals surface area contributed by atoms with Crippen LogP contribution in [0.2, 0.25) is 0 Å². The molecular weight excluding hydrogens is 306 g/mol. The number of hydrogen-bond acceptors (Lipinski definition) is 4. The molecule has 118 valence electrons. The fraction of sp³-hybridized carbons (Fsp3) is 0.333. The lowest BCUT2D eigenvalue weighted by Gasteiger charge is -2.11. The number of aryl methyl sites for hydroxylation is 2. The molecule has 0 aliphatic heterocycles. The Hall–Kier alpha value is -2.14. The Labute approximate surface area is 138 Å². The minimum absolute atomic E-state index is 0.588. The van der Waals surface area contributed by atoms with Crippen molar-refractivity contribution in [2.75, 3.05) is 7.11 Å². The number of thiophene rings is 1. The molecule has 0 spiro atoms. The number of fused-ring (bicyclic) bond motifs is 3. The average molecular weight is 325 g/mol. The van der Waals surface area contributed by atoms with E-state index in [1.165, 1.54) is 23.3 Å². The van der Waals surface area contributed by atoms with E-state index in [9.17, 15) is 0 Å². The maximum Gasteiger partial charge on any atom is 0.136 e. The fourth-order valence-corrected chi connectivity index (χ4v) is 4.49. The highest BCUT2D eigenvalue weighted by molar-refractivity contribution is 7.18. The molecule has 1 aliphatic rings. The number of nitrogens with one attached hydrogen (secondary N) is 1. The van der Waals surface area contributed by atoms with Crippen molar-refractivity contribution in [1.29, 1.82) is 5.41 Å². The molecule has 0 unspecified atom stereocenters. The summed E-state index contributed by atoms with van der Waals surface area (Å²) >= 11 is 1.77. The highest BCUT2D eigenvalue weighted by Crippen LogP contribution is 2.33. The lowest BCUT2D eigenvalue weighted by Crippen LogP contribution is -2.22. The van der Waals surface area contributed by atoms with Crippen LogP contribution in [0.1, 0.15) is 28.8 Å². The molecule has 4 rings (SSSR count). The van der Waals surface area contributed by atoms with E-state index >= 15 is 0 Å². The summed E-state index contributed by atoms with van der Waals surface area (Å²) in [7, 11) is 1.67. The van der Waals surface area contributed by atoms with Crippen LogP contribution in [0.15, 0.2) is 30.6 Å². The van der Waals surface area contributed by atoms with E-state index in [0.717, 1.165) is 34.4 Å². The summed E-state index contributed by atoms with van der Waals surface area (Å²) in [5, 5.41) is 9.70. The maximum atomic E-state index is 8.63. The van der Waals surface area contributed by atoms with Gasteiger partial charge in [-0.25, -0.2) is 4.98 Å². The van der Waals surface area contributed by atoms with E-state index < -0.39 is 0 Å². The largest absolute Gasteiger partial charge is 0.497 e. The molecule has 2 heterocycles. The first-order chi connectivity index (χ1) is 11.3. The number of hydrogen-bond donors (Lipinski definition) is 1. The van der Waals surface area contributed by atoms with Gasteiger partial charge >= 0.3 is 0 Å². The van der Waals surface area contributed by atoms with Crippen molar-refractivity contribution in [2.45, 2.75) is 32.2 Å². The topological polar surface area (TPSA) is 50.9 Å². The first-order valence-electron chi connectivity index (χ1n) is 7.93. The highest BCUT2D eigenvalue weighted by Gasteiger charge is 2.18. The van der Waals surface area contributed by atoms with Crippen LogP contribution >= 0.6 is 11.3 Å². The summed E-state index contributed by atoms with van der Waals surface area (Å²) in [6.07, 6.45) is 6.53. The molecule has 3 aromatic rings. The summed E-state index contributed by atoms with van der Waals surface area (Å²) in [5.74, 6) is 0.852.